The lowest BCUT2D eigenvalue weighted by Gasteiger charge is -2.41. The number of amides is 1. The van der Waals surface area contributed by atoms with Crippen LogP contribution in [0.5, 0.6) is 0 Å². The highest BCUT2D eigenvalue weighted by atomic mass is 16.5. The van der Waals surface area contributed by atoms with Crippen LogP contribution >= 0.6 is 0 Å². The summed E-state index contributed by atoms with van der Waals surface area (Å²) in [5.41, 5.74) is 5.94. The summed E-state index contributed by atoms with van der Waals surface area (Å²) in [6.45, 7) is 2.03. The maximum absolute atomic E-state index is 12.3. The number of hydrogen-bond acceptors (Lipinski definition) is 3. The van der Waals surface area contributed by atoms with Crippen molar-refractivity contribution >= 4 is 5.91 Å². The minimum atomic E-state index is 0.122. The largest absolute Gasteiger partial charge is 0.383 e. The third kappa shape index (κ3) is 2.99. The number of carbonyl (C=O) groups is 1. The molecule has 0 aromatic carbocycles. The van der Waals surface area contributed by atoms with Gasteiger partial charge in [0.05, 0.1) is 6.61 Å². The summed E-state index contributed by atoms with van der Waals surface area (Å²) < 4.78 is 5.08. The monoisotopic (exact) mass is 240 g/mol. The molecule has 17 heavy (non-hydrogen) atoms. The van der Waals surface area contributed by atoms with Crippen LogP contribution in [0.2, 0.25) is 0 Å². The highest BCUT2D eigenvalue weighted by molar-refractivity contribution is 5.77. The molecule has 98 valence electrons. The molecule has 4 heteroatoms. The van der Waals surface area contributed by atoms with Crippen LogP contribution < -0.4 is 5.73 Å². The van der Waals surface area contributed by atoms with Crippen LogP contribution in [0.25, 0.3) is 0 Å². The van der Waals surface area contributed by atoms with E-state index < -0.39 is 0 Å². The molecule has 4 nitrogen and oxygen atoms in total. The van der Waals surface area contributed by atoms with E-state index in [-0.39, 0.29) is 11.3 Å². The van der Waals surface area contributed by atoms with Gasteiger partial charge in [0.15, 0.2) is 0 Å². The first-order valence-corrected chi connectivity index (χ1v) is 6.69. The number of rotatable bonds is 7. The molecule has 0 unspecified atom stereocenters. The third-order valence-corrected chi connectivity index (χ3v) is 4.22. The van der Waals surface area contributed by atoms with Crippen LogP contribution in [-0.4, -0.2) is 43.7 Å². The fraction of sp³-hybridized carbons (Fsp3) is 0.923. The lowest BCUT2D eigenvalue weighted by molar-refractivity contribution is -0.136. The van der Waals surface area contributed by atoms with Gasteiger partial charge in [0.2, 0.25) is 5.91 Å². The zero-order valence-corrected chi connectivity index (χ0v) is 10.8. The maximum Gasteiger partial charge on any atom is 0.223 e. The first-order chi connectivity index (χ1) is 8.21. The van der Waals surface area contributed by atoms with Crippen molar-refractivity contribution in [2.75, 3.05) is 26.8 Å². The zero-order valence-electron chi connectivity index (χ0n) is 10.8. The predicted octanol–water partition coefficient (Wildman–Crippen LogP) is 1.14. The normalized spacial score (nSPS) is 22.0. The van der Waals surface area contributed by atoms with Crippen molar-refractivity contribution in [1.82, 2.24) is 4.90 Å². The first-order valence-electron chi connectivity index (χ1n) is 6.69. The number of carbonyl (C=O) groups excluding carboxylic acids is 1. The molecule has 2 N–H and O–H groups in total. The van der Waals surface area contributed by atoms with Gasteiger partial charge < -0.3 is 15.4 Å². The van der Waals surface area contributed by atoms with Gasteiger partial charge in [-0.3, -0.25) is 4.79 Å². The maximum atomic E-state index is 12.3. The molecule has 0 aliphatic heterocycles. The molecular weight excluding hydrogens is 216 g/mol. The van der Waals surface area contributed by atoms with Gasteiger partial charge in [-0.2, -0.15) is 0 Å². The van der Waals surface area contributed by atoms with Crippen LogP contribution in [0.1, 0.15) is 38.5 Å². The fourth-order valence-electron chi connectivity index (χ4n) is 2.64. The molecule has 1 amide bonds. The Hall–Kier alpha value is -0.610. The van der Waals surface area contributed by atoms with E-state index in [2.05, 4.69) is 0 Å². The van der Waals surface area contributed by atoms with Gasteiger partial charge in [0.25, 0.3) is 0 Å². The summed E-state index contributed by atoms with van der Waals surface area (Å²) >= 11 is 0. The fourth-order valence-corrected chi connectivity index (χ4v) is 2.64. The smallest absolute Gasteiger partial charge is 0.223 e. The summed E-state index contributed by atoms with van der Waals surface area (Å²) in [6, 6.07) is 0.479. The Labute approximate surface area is 103 Å². The lowest BCUT2D eigenvalue weighted by atomic mass is 9.66. The molecule has 0 aromatic heterocycles. The van der Waals surface area contributed by atoms with Crippen molar-refractivity contribution < 1.29 is 9.53 Å². The average molecular weight is 240 g/mol. The van der Waals surface area contributed by atoms with Crippen LogP contribution in [0.3, 0.4) is 0 Å². The molecule has 2 saturated carbocycles. The predicted molar refractivity (Wildman–Crippen MR) is 66.6 cm³/mol. The molecular formula is C13H24N2O2. The minimum absolute atomic E-state index is 0.122. The number of nitrogens with zero attached hydrogens (tertiary/aromatic N) is 1. The molecule has 0 heterocycles. The van der Waals surface area contributed by atoms with Gasteiger partial charge in [-0.05, 0) is 37.6 Å². The van der Waals surface area contributed by atoms with E-state index in [0.29, 0.717) is 25.6 Å². The second-order valence-corrected chi connectivity index (χ2v) is 5.55. The molecule has 2 aliphatic rings. The Morgan fingerprint density at radius 1 is 1.47 bits per heavy atom. The van der Waals surface area contributed by atoms with Gasteiger partial charge in [-0.15, -0.1) is 0 Å². The molecule has 0 bridgehead atoms. The minimum Gasteiger partial charge on any atom is -0.383 e. The summed E-state index contributed by atoms with van der Waals surface area (Å²) in [5, 5.41) is 0. The van der Waals surface area contributed by atoms with E-state index in [4.69, 9.17) is 10.5 Å². The Morgan fingerprint density at radius 3 is 2.59 bits per heavy atom. The van der Waals surface area contributed by atoms with E-state index in [1.54, 1.807) is 7.11 Å². The van der Waals surface area contributed by atoms with E-state index in [9.17, 15) is 4.79 Å². The van der Waals surface area contributed by atoms with Gasteiger partial charge >= 0.3 is 0 Å². The van der Waals surface area contributed by atoms with Crippen LogP contribution in [0.4, 0.5) is 0 Å². The SMILES string of the molecule is COCCN(C(=O)CC1(CN)CCC1)C1CC1. The summed E-state index contributed by atoms with van der Waals surface area (Å²) in [5.74, 6) is 0.287. The lowest BCUT2D eigenvalue weighted by Crippen LogP contribution is -2.44. The van der Waals surface area contributed by atoms with Gasteiger partial charge in [-0.25, -0.2) is 0 Å². The highest BCUT2D eigenvalue weighted by Crippen LogP contribution is 2.43. The highest BCUT2D eigenvalue weighted by Gasteiger charge is 2.41. The van der Waals surface area contributed by atoms with Crippen LogP contribution in [0, 0.1) is 5.41 Å². The molecule has 0 radical (unpaired) electrons. The number of nitrogens with two attached hydrogens (primary N) is 1. The van der Waals surface area contributed by atoms with Crippen molar-refractivity contribution in [2.24, 2.45) is 11.1 Å². The number of ether oxygens (including phenoxy) is 1. The number of hydrogen-bond donors (Lipinski definition) is 1. The first kappa shape index (κ1) is 12.8. The molecule has 0 saturated heterocycles. The molecule has 2 rings (SSSR count). The summed E-state index contributed by atoms with van der Waals surface area (Å²) in [4.78, 5) is 14.3. The van der Waals surface area contributed by atoms with Gasteiger partial charge in [0.1, 0.15) is 0 Å². The van der Waals surface area contributed by atoms with Gasteiger partial charge in [-0.1, -0.05) is 6.42 Å². The molecule has 0 atom stereocenters. The Morgan fingerprint density at radius 2 is 2.18 bits per heavy atom. The van der Waals surface area contributed by atoms with Crippen LogP contribution in [-0.2, 0) is 9.53 Å². The third-order valence-electron chi connectivity index (χ3n) is 4.22. The van der Waals surface area contributed by atoms with E-state index >= 15 is 0 Å². The Bertz CT molecular complexity index is 267. The van der Waals surface area contributed by atoms with E-state index in [1.807, 2.05) is 4.90 Å². The summed E-state index contributed by atoms with van der Waals surface area (Å²) in [6.07, 6.45) is 6.43. The standard InChI is InChI=1S/C13H24N2O2/c1-17-8-7-15(11-3-4-11)12(16)9-13(10-14)5-2-6-13/h11H,2-10,14H2,1H3. The van der Waals surface area contributed by atoms with E-state index in [0.717, 1.165) is 32.2 Å². The Kier molecular flexibility index (Phi) is 4.05. The summed E-state index contributed by atoms with van der Waals surface area (Å²) in [7, 11) is 1.68. The second kappa shape index (κ2) is 5.36. The van der Waals surface area contributed by atoms with Crippen molar-refractivity contribution in [1.29, 1.82) is 0 Å². The zero-order chi connectivity index (χ0) is 12.3. The second-order valence-electron chi connectivity index (χ2n) is 5.55. The van der Waals surface area contributed by atoms with Gasteiger partial charge in [0, 0.05) is 26.1 Å². The molecule has 2 aliphatic carbocycles. The Balaban J connectivity index is 1.87. The van der Waals surface area contributed by atoms with Crippen molar-refractivity contribution in [2.45, 2.75) is 44.6 Å². The van der Waals surface area contributed by atoms with E-state index in [1.165, 1.54) is 6.42 Å². The van der Waals surface area contributed by atoms with Crippen molar-refractivity contribution in [3.05, 3.63) is 0 Å². The quantitative estimate of drug-likeness (QED) is 0.726. The number of methoxy groups -OCH3 is 1. The van der Waals surface area contributed by atoms with Crippen molar-refractivity contribution in [3.63, 3.8) is 0 Å². The van der Waals surface area contributed by atoms with Crippen molar-refractivity contribution in [3.8, 4) is 0 Å². The topological polar surface area (TPSA) is 55.6 Å². The average Bonchev–Trinajstić information content (AvgIpc) is 3.08. The molecule has 2 fully saturated rings. The molecule has 0 spiro atoms. The van der Waals surface area contributed by atoms with Crippen LogP contribution in [0.15, 0.2) is 0 Å². The molecule has 0 aromatic rings.